The maximum absolute atomic E-state index is 12.2. The van der Waals surface area contributed by atoms with Crippen LogP contribution in [0.1, 0.15) is 44.7 Å². The summed E-state index contributed by atoms with van der Waals surface area (Å²) in [7, 11) is 0. The van der Waals surface area contributed by atoms with Crippen LogP contribution in [0, 0.1) is 13.8 Å². The van der Waals surface area contributed by atoms with Crippen LogP contribution < -0.4 is 10.2 Å². The molecule has 3 rings (SSSR count). The van der Waals surface area contributed by atoms with E-state index in [9.17, 15) is 19.2 Å². The first-order valence-corrected chi connectivity index (χ1v) is 9.80. The number of hydrogen-bond donors (Lipinski definition) is 1. The third-order valence-corrected chi connectivity index (χ3v) is 5.10. The topological polar surface area (TPSA) is 92.8 Å². The quantitative estimate of drug-likeness (QED) is 0.562. The standard InChI is InChI=1S/C23H24N2O5/c1-15-5-6-18(12-16(15)2)20(26)14-30-22(28)13-24-23(29)17-7-9-19(10-8-17)25-11-3-4-21(25)27/h5-10,12H,3-4,11,13-14H2,1-2H3,(H,24,29). The summed E-state index contributed by atoms with van der Waals surface area (Å²) in [5.74, 6) is -1.36. The Bertz CT molecular complexity index is 982. The van der Waals surface area contributed by atoms with Crippen LogP contribution in [0.25, 0.3) is 0 Å². The van der Waals surface area contributed by atoms with E-state index in [1.54, 1.807) is 41.3 Å². The van der Waals surface area contributed by atoms with Crippen LogP contribution in [0.2, 0.25) is 0 Å². The first-order chi connectivity index (χ1) is 14.3. The van der Waals surface area contributed by atoms with E-state index in [1.807, 2.05) is 19.9 Å². The molecule has 1 saturated heterocycles. The minimum atomic E-state index is -0.695. The highest BCUT2D eigenvalue weighted by molar-refractivity contribution is 5.99. The van der Waals surface area contributed by atoms with Crippen LogP contribution in [0.5, 0.6) is 0 Å². The third kappa shape index (κ3) is 5.11. The molecule has 2 amide bonds. The van der Waals surface area contributed by atoms with Gasteiger partial charge in [0.15, 0.2) is 12.4 Å². The summed E-state index contributed by atoms with van der Waals surface area (Å²) in [6.07, 6.45) is 1.37. The maximum Gasteiger partial charge on any atom is 0.325 e. The predicted molar refractivity (Wildman–Crippen MR) is 112 cm³/mol. The van der Waals surface area contributed by atoms with Gasteiger partial charge < -0.3 is 15.0 Å². The first kappa shape index (κ1) is 21.2. The number of aryl methyl sites for hydroxylation is 2. The Balaban J connectivity index is 1.46. The zero-order valence-electron chi connectivity index (χ0n) is 17.1. The summed E-state index contributed by atoms with van der Waals surface area (Å²) in [6, 6.07) is 11.9. The Morgan fingerprint density at radius 3 is 2.33 bits per heavy atom. The second kappa shape index (κ2) is 9.35. The van der Waals surface area contributed by atoms with Crippen LogP contribution in [-0.2, 0) is 14.3 Å². The highest BCUT2D eigenvalue weighted by Crippen LogP contribution is 2.21. The van der Waals surface area contributed by atoms with Crippen molar-refractivity contribution in [1.82, 2.24) is 5.32 Å². The zero-order valence-corrected chi connectivity index (χ0v) is 17.1. The first-order valence-electron chi connectivity index (χ1n) is 9.80. The van der Waals surface area contributed by atoms with Crippen molar-refractivity contribution in [1.29, 1.82) is 0 Å². The van der Waals surface area contributed by atoms with Crippen molar-refractivity contribution in [2.24, 2.45) is 0 Å². The molecule has 1 N–H and O–H groups in total. The number of carbonyl (C=O) groups is 4. The molecule has 1 fully saturated rings. The van der Waals surface area contributed by atoms with Crippen LogP contribution >= 0.6 is 0 Å². The molecule has 2 aromatic rings. The lowest BCUT2D eigenvalue weighted by atomic mass is 10.0. The number of ether oxygens (including phenoxy) is 1. The molecule has 1 aliphatic rings. The molecule has 0 aliphatic carbocycles. The van der Waals surface area contributed by atoms with Gasteiger partial charge in [0, 0.05) is 29.8 Å². The Morgan fingerprint density at radius 2 is 1.70 bits per heavy atom. The van der Waals surface area contributed by atoms with E-state index in [4.69, 9.17) is 4.74 Å². The second-order valence-electron chi connectivity index (χ2n) is 7.26. The average molecular weight is 408 g/mol. The van der Waals surface area contributed by atoms with Crippen molar-refractivity contribution in [3.63, 3.8) is 0 Å². The van der Waals surface area contributed by atoms with Crippen LogP contribution in [0.4, 0.5) is 5.69 Å². The predicted octanol–water partition coefficient (Wildman–Crippen LogP) is 2.59. The van der Waals surface area contributed by atoms with Gasteiger partial charge in [0.05, 0.1) is 0 Å². The van der Waals surface area contributed by atoms with Crippen LogP contribution in [-0.4, -0.2) is 43.3 Å². The number of amides is 2. The summed E-state index contributed by atoms with van der Waals surface area (Å²) < 4.78 is 4.97. The number of carbonyl (C=O) groups excluding carboxylic acids is 4. The van der Waals surface area contributed by atoms with Gasteiger partial charge in [0.1, 0.15) is 6.54 Å². The molecule has 1 heterocycles. The van der Waals surface area contributed by atoms with Crippen molar-refractivity contribution in [3.8, 4) is 0 Å². The Morgan fingerprint density at radius 1 is 1.00 bits per heavy atom. The molecule has 1 aliphatic heterocycles. The highest BCUT2D eigenvalue weighted by Gasteiger charge is 2.21. The molecule has 0 aromatic heterocycles. The molecule has 0 saturated carbocycles. The van der Waals surface area contributed by atoms with Gasteiger partial charge in [-0.1, -0.05) is 12.1 Å². The lowest BCUT2D eigenvalue weighted by Gasteiger charge is -2.15. The van der Waals surface area contributed by atoms with E-state index in [1.165, 1.54) is 0 Å². The molecular weight excluding hydrogens is 384 g/mol. The van der Waals surface area contributed by atoms with Crippen molar-refractivity contribution < 1.29 is 23.9 Å². The van der Waals surface area contributed by atoms with E-state index < -0.39 is 11.9 Å². The molecule has 0 atom stereocenters. The molecule has 0 bridgehead atoms. The SMILES string of the molecule is Cc1ccc(C(=O)COC(=O)CNC(=O)c2ccc(N3CCCC3=O)cc2)cc1C. The fourth-order valence-corrected chi connectivity index (χ4v) is 3.16. The number of ketones is 1. The molecule has 156 valence electrons. The Labute approximate surface area is 175 Å². The monoisotopic (exact) mass is 408 g/mol. The minimum Gasteiger partial charge on any atom is -0.456 e. The van der Waals surface area contributed by atoms with Crippen molar-refractivity contribution >= 4 is 29.3 Å². The van der Waals surface area contributed by atoms with Crippen LogP contribution in [0.3, 0.4) is 0 Å². The molecule has 30 heavy (non-hydrogen) atoms. The van der Waals surface area contributed by atoms with Gasteiger partial charge in [0.25, 0.3) is 5.91 Å². The number of nitrogens with one attached hydrogen (secondary N) is 1. The van der Waals surface area contributed by atoms with E-state index in [0.717, 1.165) is 23.2 Å². The zero-order chi connectivity index (χ0) is 21.7. The summed E-state index contributed by atoms with van der Waals surface area (Å²) in [6.45, 7) is 3.81. The number of hydrogen-bond acceptors (Lipinski definition) is 5. The van der Waals surface area contributed by atoms with Crippen molar-refractivity contribution in [2.45, 2.75) is 26.7 Å². The lowest BCUT2D eigenvalue weighted by Crippen LogP contribution is -2.31. The summed E-state index contributed by atoms with van der Waals surface area (Å²) in [5.41, 5.74) is 3.65. The molecule has 7 nitrogen and oxygen atoms in total. The summed E-state index contributed by atoms with van der Waals surface area (Å²) in [5, 5.41) is 2.47. The highest BCUT2D eigenvalue weighted by atomic mass is 16.5. The van der Waals surface area contributed by atoms with Gasteiger partial charge in [-0.3, -0.25) is 19.2 Å². The number of rotatable bonds is 7. The number of esters is 1. The molecular formula is C23H24N2O5. The molecule has 2 aromatic carbocycles. The Hall–Kier alpha value is -3.48. The normalized spacial score (nSPS) is 13.3. The van der Waals surface area contributed by atoms with Gasteiger partial charge in [-0.05, 0) is 61.7 Å². The van der Waals surface area contributed by atoms with Crippen molar-refractivity contribution in [2.75, 3.05) is 24.6 Å². The van der Waals surface area contributed by atoms with Crippen molar-refractivity contribution in [3.05, 3.63) is 64.7 Å². The third-order valence-electron chi connectivity index (χ3n) is 5.10. The van der Waals surface area contributed by atoms with Gasteiger partial charge in [0.2, 0.25) is 5.91 Å². The van der Waals surface area contributed by atoms with Gasteiger partial charge >= 0.3 is 5.97 Å². The molecule has 0 spiro atoms. The minimum absolute atomic E-state index is 0.0743. The summed E-state index contributed by atoms with van der Waals surface area (Å²) >= 11 is 0. The molecule has 7 heteroatoms. The maximum atomic E-state index is 12.2. The smallest absolute Gasteiger partial charge is 0.325 e. The van der Waals surface area contributed by atoms with E-state index in [0.29, 0.717) is 24.1 Å². The molecule has 0 unspecified atom stereocenters. The van der Waals surface area contributed by atoms with E-state index in [-0.39, 0.29) is 24.8 Å². The van der Waals surface area contributed by atoms with Gasteiger partial charge in [-0.25, -0.2) is 0 Å². The van der Waals surface area contributed by atoms with Gasteiger partial charge in [-0.15, -0.1) is 0 Å². The number of nitrogens with zero attached hydrogens (tertiary/aromatic N) is 1. The lowest BCUT2D eigenvalue weighted by molar-refractivity contribution is -0.141. The largest absolute Gasteiger partial charge is 0.456 e. The number of Topliss-reactive ketones (excluding diaryl/α,β-unsaturated/α-hetero) is 1. The van der Waals surface area contributed by atoms with E-state index >= 15 is 0 Å². The fourth-order valence-electron chi connectivity index (χ4n) is 3.16. The van der Waals surface area contributed by atoms with E-state index in [2.05, 4.69) is 5.32 Å². The Kier molecular flexibility index (Phi) is 6.61. The number of anilines is 1. The van der Waals surface area contributed by atoms with Crippen LogP contribution in [0.15, 0.2) is 42.5 Å². The number of benzene rings is 2. The molecule has 0 radical (unpaired) electrons. The van der Waals surface area contributed by atoms with Gasteiger partial charge in [-0.2, -0.15) is 0 Å². The average Bonchev–Trinajstić information content (AvgIpc) is 3.18. The fraction of sp³-hybridized carbons (Fsp3) is 0.304. The summed E-state index contributed by atoms with van der Waals surface area (Å²) in [4.78, 5) is 49.7. The second-order valence-corrected chi connectivity index (χ2v) is 7.26.